The minimum absolute atomic E-state index is 0.0297. The fourth-order valence-corrected chi connectivity index (χ4v) is 3.62. The van der Waals surface area contributed by atoms with Crippen molar-refractivity contribution in [3.8, 4) is 5.75 Å². The smallest absolute Gasteiger partial charge is 0.243 e. The number of ether oxygens (including phenoxy) is 1. The van der Waals surface area contributed by atoms with Gasteiger partial charge in [0, 0.05) is 16.5 Å². The largest absolute Gasteiger partial charge is 0.494 e. The molecular weight excluding hydrogens is 388 g/mol. The molecule has 3 N–H and O–H groups in total. The summed E-state index contributed by atoms with van der Waals surface area (Å²) in [6.45, 7) is -0.104. The number of hydrogen-bond acceptors (Lipinski definition) is 6. The molecule has 10 heteroatoms. The Hall–Kier alpha value is -1.61. The molecule has 0 saturated carbocycles. The Morgan fingerprint density at radius 3 is 2.92 bits per heavy atom. The Balaban J connectivity index is 2.08. The van der Waals surface area contributed by atoms with Crippen molar-refractivity contribution in [2.24, 2.45) is 5.73 Å². The molecule has 0 spiro atoms. The van der Waals surface area contributed by atoms with Gasteiger partial charge in [-0.15, -0.1) is 16.4 Å². The number of methoxy groups -OCH3 is 1. The van der Waals surface area contributed by atoms with E-state index >= 15 is 0 Å². The van der Waals surface area contributed by atoms with E-state index < -0.39 is 12.7 Å². The molecule has 0 aromatic carbocycles. The summed E-state index contributed by atoms with van der Waals surface area (Å²) in [4.78, 5) is 5.38. The van der Waals surface area contributed by atoms with Gasteiger partial charge in [0.25, 0.3) is 0 Å². The minimum Gasteiger partial charge on any atom is -0.494 e. The average Bonchev–Trinajstić information content (AvgIpc) is 3.20. The van der Waals surface area contributed by atoms with Crippen LogP contribution in [0.15, 0.2) is 17.5 Å². The van der Waals surface area contributed by atoms with Gasteiger partial charge in [-0.05, 0) is 29.5 Å². The van der Waals surface area contributed by atoms with E-state index in [0.717, 1.165) is 4.88 Å². The van der Waals surface area contributed by atoms with Gasteiger partial charge in [-0.1, -0.05) is 17.7 Å². The van der Waals surface area contributed by atoms with Gasteiger partial charge in [0.15, 0.2) is 17.1 Å². The second-order valence-electron chi connectivity index (χ2n) is 5.34. The zero-order chi connectivity index (χ0) is 18.0. The highest BCUT2D eigenvalue weighted by molar-refractivity contribution is 7.09. The van der Waals surface area contributed by atoms with Gasteiger partial charge in [0.2, 0.25) is 5.28 Å². The highest BCUT2D eigenvalue weighted by Crippen LogP contribution is 2.38. The fraction of sp³-hybridized carbons (Fsp3) is 0.333. The molecule has 0 amide bonds. The van der Waals surface area contributed by atoms with Crippen molar-refractivity contribution in [2.75, 3.05) is 19.1 Å². The van der Waals surface area contributed by atoms with Crippen LogP contribution in [0.25, 0.3) is 5.52 Å². The van der Waals surface area contributed by atoms with Gasteiger partial charge >= 0.3 is 0 Å². The van der Waals surface area contributed by atoms with Gasteiger partial charge in [-0.2, -0.15) is 4.98 Å². The Morgan fingerprint density at radius 1 is 1.48 bits per heavy atom. The van der Waals surface area contributed by atoms with Crippen LogP contribution in [0.1, 0.15) is 10.4 Å². The number of fused-ring (bicyclic) bond motifs is 1. The molecule has 0 fully saturated rings. The lowest BCUT2D eigenvalue weighted by Crippen LogP contribution is -2.25. The number of hydrogen-bond donors (Lipinski definition) is 2. The van der Waals surface area contributed by atoms with Crippen LogP contribution in [0.3, 0.4) is 0 Å². The second kappa shape index (κ2) is 7.74. The van der Waals surface area contributed by atoms with E-state index in [1.54, 1.807) is 11.3 Å². The molecule has 25 heavy (non-hydrogen) atoms. The zero-order valence-corrected chi connectivity index (χ0v) is 15.6. The summed E-state index contributed by atoms with van der Waals surface area (Å²) in [6.07, 6.45) is 0.212. The van der Waals surface area contributed by atoms with Crippen molar-refractivity contribution >= 4 is 45.9 Å². The maximum absolute atomic E-state index is 12.8. The molecule has 0 aliphatic rings. The normalized spacial score (nSPS) is 12.5. The molecule has 1 atom stereocenters. The lowest BCUT2D eigenvalue weighted by Gasteiger charge is -2.09. The Bertz CT molecular complexity index is 871. The van der Waals surface area contributed by atoms with Crippen molar-refractivity contribution in [3.05, 3.63) is 38.4 Å². The van der Waals surface area contributed by atoms with Gasteiger partial charge < -0.3 is 15.8 Å². The molecule has 0 aliphatic heterocycles. The maximum atomic E-state index is 12.8. The van der Waals surface area contributed by atoms with Crippen LogP contribution in [0.5, 0.6) is 5.75 Å². The molecule has 0 unspecified atom stereocenters. The second-order valence-corrected chi connectivity index (χ2v) is 7.07. The third kappa shape index (κ3) is 3.67. The molecule has 3 rings (SSSR count). The number of alkyl halides is 1. The first kappa shape index (κ1) is 18.2. The highest BCUT2D eigenvalue weighted by Gasteiger charge is 2.24. The number of nitrogens with zero attached hydrogens (tertiary/aromatic N) is 3. The molecule has 6 nitrogen and oxygen atoms in total. The summed E-state index contributed by atoms with van der Waals surface area (Å²) in [6, 6.07) is 3.29. The number of rotatable bonds is 7. The number of aromatic nitrogens is 3. The third-order valence-corrected chi connectivity index (χ3v) is 5.05. The fourth-order valence-electron chi connectivity index (χ4n) is 2.53. The van der Waals surface area contributed by atoms with E-state index in [2.05, 4.69) is 15.4 Å². The van der Waals surface area contributed by atoms with E-state index in [9.17, 15) is 4.39 Å². The number of nitrogens with two attached hydrogens (primary N) is 1. The number of thiophene rings is 1. The van der Waals surface area contributed by atoms with Crippen molar-refractivity contribution in [1.82, 2.24) is 14.6 Å². The molecular formula is C15H16Cl2FN5OS. The molecule has 0 radical (unpaired) electrons. The SMILES string of the molecule is COc1c(C[C@@H](N)CF)c(Cl)n2nc(Cl)nc(NCc3cccs3)c12. The first-order valence-corrected chi connectivity index (χ1v) is 9.07. The van der Waals surface area contributed by atoms with E-state index in [1.165, 1.54) is 11.6 Å². The van der Waals surface area contributed by atoms with Crippen LogP contribution >= 0.6 is 34.5 Å². The van der Waals surface area contributed by atoms with Gasteiger partial charge in [0.05, 0.1) is 13.7 Å². The standard InChI is InChI=1S/C15H16Cl2FN5OS/c1-24-12-10(5-8(19)6-18)13(16)23-11(12)14(21-15(17)22-23)20-7-9-3-2-4-25-9/h2-4,8H,5-7,19H2,1H3,(H,20,21,22)/t8-/m1/s1. The highest BCUT2D eigenvalue weighted by atomic mass is 35.5. The summed E-state index contributed by atoms with van der Waals surface area (Å²) in [5, 5.41) is 9.65. The van der Waals surface area contributed by atoms with Crippen molar-refractivity contribution in [3.63, 3.8) is 0 Å². The number of anilines is 1. The van der Waals surface area contributed by atoms with E-state index in [-0.39, 0.29) is 16.9 Å². The minimum atomic E-state index is -0.685. The maximum Gasteiger partial charge on any atom is 0.243 e. The van der Waals surface area contributed by atoms with E-state index in [4.69, 9.17) is 33.7 Å². The van der Waals surface area contributed by atoms with Crippen molar-refractivity contribution in [1.29, 1.82) is 0 Å². The average molecular weight is 404 g/mol. The Morgan fingerprint density at radius 2 is 2.28 bits per heavy atom. The predicted octanol–water partition coefficient (Wildman–Crippen LogP) is 3.56. The lowest BCUT2D eigenvalue weighted by molar-refractivity contribution is 0.402. The molecule has 3 heterocycles. The first-order valence-electron chi connectivity index (χ1n) is 7.43. The summed E-state index contributed by atoms with van der Waals surface area (Å²) in [7, 11) is 1.51. The van der Waals surface area contributed by atoms with Crippen LogP contribution in [-0.2, 0) is 13.0 Å². The Kier molecular flexibility index (Phi) is 5.63. The van der Waals surface area contributed by atoms with Crippen molar-refractivity contribution in [2.45, 2.75) is 19.0 Å². The zero-order valence-electron chi connectivity index (χ0n) is 13.3. The van der Waals surface area contributed by atoms with E-state index in [1.807, 2.05) is 17.5 Å². The predicted molar refractivity (Wildman–Crippen MR) is 98.9 cm³/mol. The molecule has 0 bridgehead atoms. The first-order chi connectivity index (χ1) is 12.0. The van der Waals surface area contributed by atoms with Gasteiger partial charge in [0.1, 0.15) is 11.8 Å². The lowest BCUT2D eigenvalue weighted by atomic mass is 10.1. The molecule has 0 saturated heterocycles. The van der Waals surface area contributed by atoms with Crippen LogP contribution in [0, 0.1) is 0 Å². The van der Waals surface area contributed by atoms with Gasteiger partial charge in [-0.3, -0.25) is 0 Å². The number of nitrogens with one attached hydrogen (secondary N) is 1. The van der Waals surface area contributed by atoms with Gasteiger partial charge in [-0.25, -0.2) is 8.91 Å². The topological polar surface area (TPSA) is 77.5 Å². The molecule has 134 valence electrons. The molecule has 3 aromatic heterocycles. The molecule has 3 aromatic rings. The van der Waals surface area contributed by atoms with E-state index in [0.29, 0.717) is 29.2 Å². The summed E-state index contributed by atoms with van der Waals surface area (Å²) < 4.78 is 19.8. The van der Waals surface area contributed by atoms with Crippen LogP contribution in [0.2, 0.25) is 10.4 Å². The summed E-state index contributed by atoms with van der Waals surface area (Å²) >= 11 is 14.1. The van der Waals surface area contributed by atoms with Crippen LogP contribution in [-0.4, -0.2) is 34.4 Å². The summed E-state index contributed by atoms with van der Waals surface area (Å²) in [5.74, 6) is 0.937. The molecule has 0 aliphatic carbocycles. The Labute approximate surface area is 157 Å². The van der Waals surface area contributed by atoms with Crippen LogP contribution < -0.4 is 15.8 Å². The third-order valence-electron chi connectivity index (χ3n) is 3.63. The van der Waals surface area contributed by atoms with Crippen LogP contribution in [0.4, 0.5) is 10.2 Å². The monoisotopic (exact) mass is 403 g/mol. The quantitative estimate of drug-likeness (QED) is 0.630. The van der Waals surface area contributed by atoms with Crippen molar-refractivity contribution < 1.29 is 9.13 Å². The summed E-state index contributed by atoms with van der Waals surface area (Å²) in [5.41, 5.74) is 6.85. The number of halogens is 3.